The lowest BCUT2D eigenvalue weighted by atomic mass is 9.86. The van der Waals surface area contributed by atoms with Crippen molar-refractivity contribution in [2.24, 2.45) is 0 Å². The van der Waals surface area contributed by atoms with Crippen molar-refractivity contribution in [2.75, 3.05) is 13.2 Å². The van der Waals surface area contributed by atoms with E-state index in [-0.39, 0.29) is 30.4 Å². The fraction of sp³-hybridized carbons (Fsp3) is 0.556. The maximum absolute atomic E-state index is 12.4. The van der Waals surface area contributed by atoms with Gasteiger partial charge in [-0.05, 0) is 29.9 Å². The summed E-state index contributed by atoms with van der Waals surface area (Å²) in [6.45, 7) is 6.85. The number of carbonyl (C=O) groups is 2. The highest BCUT2D eigenvalue weighted by molar-refractivity contribution is 5.79. The Bertz CT molecular complexity index is 577. The van der Waals surface area contributed by atoms with Gasteiger partial charge in [-0.2, -0.15) is 0 Å². The molecule has 1 aliphatic rings. The topological polar surface area (TPSA) is 66.8 Å². The molecule has 5 nitrogen and oxygen atoms in total. The third-order valence-corrected chi connectivity index (χ3v) is 4.15. The molecule has 1 N–H and O–H groups in total. The van der Waals surface area contributed by atoms with Gasteiger partial charge in [0.15, 0.2) is 6.61 Å². The molecule has 1 atom stereocenters. The van der Waals surface area contributed by atoms with Crippen LogP contribution in [0.4, 0.5) is 0 Å². The highest BCUT2D eigenvalue weighted by Crippen LogP contribution is 2.31. The number of hydrogen-bond donors (Lipinski definition) is 1. The highest BCUT2D eigenvalue weighted by atomic mass is 16.5. The van der Waals surface area contributed by atoms with Gasteiger partial charge in [0, 0.05) is 12.6 Å². The number of aliphatic carboxylic acids is 1. The van der Waals surface area contributed by atoms with Crippen LogP contribution in [0.2, 0.25) is 0 Å². The smallest absolute Gasteiger partial charge is 0.305 e. The fourth-order valence-electron chi connectivity index (χ4n) is 3.01. The highest BCUT2D eigenvalue weighted by Gasteiger charge is 2.30. The maximum atomic E-state index is 12.4. The minimum absolute atomic E-state index is 0.00428. The Kier molecular flexibility index (Phi) is 5.29. The van der Waals surface area contributed by atoms with Crippen LogP contribution in [-0.2, 0) is 15.0 Å². The van der Waals surface area contributed by atoms with E-state index in [0.717, 1.165) is 18.4 Å². The van der Waals surface area contributed by atoms with Crippen molar-refractivity contribution < 1.29 is 19.4 Å². The van der Waals surface area contributed by atoms with E-state index in [9.17, 15) is 9.59 Å². The van der Waals surface area contributed by atoms with Crippen molar-refractivity contribution in [1.29, 1.82) is 0 Å². The molecule has 5 heteroatoms. The Morgan fingerprint density at radius 1 is 1.30 bits per heavy atom. The summed E-state index contributed by atoms with van der Waals surface area (Å²) in [4.78, 5) is 24.9. The number of likely N-dealkylation sites (tertiary alicyclic amines) is 1. The number of rotatable bonds is 5. The van der Waals surface area contributed by atoms with E-state index in [2.05, 4.69) is 20.8 Å². The quantitative estimate of drug-likeness (QED) is 0.906. The minimum Gasteiger partial charge on any atom is -0.483 e. The average Bonchev–Trinajstić information content (AvgIpc) is 2.91. The molecule has 0 saturated carbocycles. The van der Waals surface area contributed by atoms with Gasteiger partial charge in [0.25, 0.3) is 5.91 Å². The first-order valence-corrected chi connectivity index (χ1v) is 8.02. The molecular formula is C18H25NO4. The summed E-state index contributed by atoms with van der Waals surface area (Å²) in [6, 6.07) is 7.51. The second-order valence-corrected chi connectivity index (χ2v) is 7.02. The zero-order chi connectivity index (χ0) is 17.0. The van der Waals surface area contributed by atoms with E-state index in [1.54, 1.807) is 4.90 Å². The van der Waals surface area contributed by atoms with Crippen LogP contribution in [0.25, 0.3) is 0 Å². The number of ether oxygens (including phenoxy) is 1. The van der Waals surface area contributed by atoms with Gasteiger partial charge in [0.2, 0.25) is 0 Å². The van der Waals surface area contributed by atoms with Gasteiger partial charge < -0.3 is 14.7 Å². The van der Waals surface area contributed by atoms with E-state index < -0.39 is 5.97 Å². The normalized spacial score (nSPS) is 18.0. The number of nitrogens with zero attached hydrogens (tertiary/aromatic N) is 1. The van der Waals surface area contributed by atoms with E-state index in [0.29, 0.717) is 12.3 Å². The van der Waals surface area contributed by atoms with Crippen LogP contribution < -0.4 is 4.74 Å². The van der Waals surface area contributed by atoms with Crippen molar-refractivity contribution >= 4 is 11.9 Å². The van der Waals surface area contributed by atoms with Gasteiger partial charge in [-0.3, -0.25) is 9.59 Å². The predicted molar refractivity (Wildman–Crippen MR) is 87.6 cm³/mol. The average molecular weight is 319 g/mol. The number of carboxylic acids is 1. The molecule has 1 aliphatic heterocycles. The Labute approximate surface area is 137 Å². The van der Waals surface area contributed by atoms with Crippen LogP contribution in [-0.4, -0.2) is 41.1 Å². The van der Waals surface area contributed by atoms with Crippen molar-refractivity contribution in [3.05, 3.63) is 29.8 Å². The molecular weight excluding hydrogens is 294 g/mol. The standard InChI is InChI=1S/C18H25NO4/c1-18(2,3)14-8-4-5-9-15(14)23-12-16(20)19-10-6-7-13(19)11-17(21)22/h4-5,8-9,13H,6-7,10-12H2,1-3H3,(H,21,22). The molecule has 0 aromatic heterocycles. The van der Waals surface area contributed by atoms with E-state index >= 15 is 0 Å². The Hall–Kier alpha value is -2.04. The van der Waals surface area contributed by atoms with Crippen LogP contribution in [0, 0.1) is 0 Å². The molecule has 1 amide bonds. The van der Waals surface area contributed by atoms with Crippen molar-refractivity contribution in [3.63, 3.8) is 0 Å². The number of hydrogen-bond acceptors (Lipinski definition) is 3. The van der Waals surface area contributed by atoms with Crippen LogP contribution in [0.3, 0.4) is 0 Å². The van der Waals surface area contributed by atoms with Gasteiger partial charge >= 0.3 is 5.97 Å². The fourth-order valence-corrected chi connectivity index (χ4v) is 3.01. The largest absolute Gasteiger partial charge is 0.483 e. The number of para-hydroxylation sites is 1. The number of benzene rings is 1. The summed E-state index contributed by atoms with van der Waals surface area (Å²) >= 11 is 0. The van der Waals surface area contributed by atoms with Gasteiger partial charge in [-0.25, -0.2) is 0 Å². The summed E-state index contributed by atoms with van der Waals surface area (Å²) in [7, 11) is 0. The SMILES string of the molecule is CC(C)(C)c1ccccc1OCC(=O)N1CCCC1CC(=O)O. The monoisotopic (exact) mass is 319 g/mol. The molecule has 0 bridgehead atoms. The molecule has 2 rings (SSSR count). The van der Waals surface area contributed by atoms with Gasteiger partial charge in [-0.1, -0.05) is 39.0 Å². The Balaban J connectivity index is 2.01. The Morgan fingerprint density at radius 3 is 2.65 bits per heavy atom. The first-order chi connectivity index (χ1) is 10.8. The summed E-state index contributed by atoms with van der Waals surface area (Å²) < 4.78 is 5.75. The molecule has 0 aliphatic carbocycles. The lowest BCUT2D eigenvalue weighted by Gasteiger charge is -2.25. The van der Waals surface area contributed by atoms with Crippen LogP contribution >= 0.6 is 0 Å². The lowest BCUT2D eigenvalue weighted by Crippen LogP contribution is -2.39. The molecule has 1 unspecified atom stereocenters. The van der Waals surface area contributed by atoms with Crippen molar-refractivity contribution in [3.8, 4) is 5.75 Å². The molecule has 1 aromatic rings. The number of amides is 1. The maximum Gasteiger partial charge on any atom is 0.305 e. The summed E-state index contributed by atoms with van der Waals surface area (Å²) in [5.74, 6) is -0.298. The second-order valence-electron chi connectivity index (χ2n) is 7.02. The van der Waals surface area contributed by atoms with Gasteiger partial charge in [-0.15, -0.1) is 0 Å². The third kappa shape index (κ3) is 4.47. The second kappa shape index (κ2) is 7.02. The summed E-state index contributed by atoms with van der Waals surface area (Å²) in [6.07, 6.45) is 1.60. The lowest BCUT2D eigenvalue weighted by molar-refractivity contribution is -0.140. The molecule has 1 heterocycles. The van der Waals surface area contributed by atoms with Crippen LogP contribution in [0.1, 0.15) is 45.6 Å². The zero-order valence-corrected chi connectivity index (χ0v) is 14.0. The van der Waals surface area contributed by atoms with E-state index in [1.807, 2.05) is 24.3 Å². The molecule has 0 spiro atoms. The first-order valence-electron chi connectivity index (χ1n) is 8.02. The summed E-state index contributed by atoms with van der Waals surface area (Å²) in [5, 5.41) is 8.94. The Morgan fingerprint density at radius 2 is 2.00 bits per heavy atom. The van der Waals surface area contributed by atoms with E-state index in [4.69, 9.17) is 9.84 Å². The minimum atomic E-state index is -0.867. The predicted octanol–water partition coefficient (Wildman–Crippen LogP) is 2.83. The molecule has 1 fully saturated rings. The zero-order valence-electron chi connectivity index (χ0n) is 14.0. The van der Waals surface area contributed by atoms with Crippen molar-refractivity contribution in [2.45, 2.75) is 51.5 Å². The van der Waals surface area contributed by atoms with Crippen molar-refractivity contribution in [1.82, 2.24) is 4.90 Å². The van der Waals surface area contributed by atoms with E-state index in [1.165, 1.54) is 0 Å². The molecule has 0 radical (unpaired) electrons. The summed E-state index contributed by atoms with van der Waals surface area (Å²) in [5.41, 5.74) is 0.982. The molecule has 23 heavy (non-hydrogen) atoms. The van der Waals surface area contributed by atoms with Crippen LogP contribution in [0.5, 0.6) is 5.75 Å². The van der Waals surface area contributed by atoms with Crippen LogP contribution in [0.15, 0.2) is 24.3 Å². The van der Waals surface area contributed by atoms with Gasteiger partial charge in [0.1, 0.15) is 5.75 Å². The molecule has 1 saturated heterocycles. The third-order valence-electron chi connectivity index (χ3n) is 4.15. The molecule has 126 valence electrons. The first kappa shape index (κ1) is 17.3. The number of carbonyl (C=O) groups excluding carboxylic acids is 1. The number of carboxylic acid groups (broad SMARTS) is 1. The molecule has 1 aromatic carbocycles. The van der Waals surface area contributed by atoms with Gasteiger partial charge in [0.05, 0.1) is 6.42 Å².